The zero-order valence-electron chi connectivity index (χ0n) is 17.3. The summed E-state index contributed by atoms with van der Waals surface area (Å²) < 4.78 is 15.0. The second kappa shape index (κ2) is 7.39. The third kappa shape index (κ3) is 3.39. The molecule has 0 spiro atoms. The van der Waals surface area contributed by atoms with E-state index in [-0.39, 0.29) is 27.6 Å². The van der Waals surface area contributed by atoms with E-state index in [0.717, 1.165) is 35.1 Å². The molecule has 1 atom stereocenters. The van der Waals surface area contributed by atoms with Gasteiger partial charge in [0.2, 0.25) is 0 Å². The van der Waals surface area contributed by atoms with E-state index in [1.54, 1.807) is 12.1 Å². The summed E-state index contributed by atoms with van der Waals surface area (Å²) in [6.45, 7) is 12.8. The number of imide groups is 1. The van der Waals surface area contributed by atoms with Crippen molar-refractivity contribution in [3.8, 4) is 0 Å². The number of hydrogen-bond acceptors (Lipinski definition) is 4. The molecule has 2 aliphatic rings. The van der Waals surface area contributed by atoms with E-state index in [4.69, 9.17) is 0 Å². The average molecular weight is 403 g/mol. The first-order valence-electron chi connectivity index (χ1n) is 9.68. The molecular weight excluding hydrogens is 375 g/mol. The normalized spacial score (nSPS) is 21.2. The summed E-state index contributed by atoms with van der Waals surface area (Å²) >= 11 is 0.879. The number of carbonyl (C=O) groups excluding carboxylic acids is 2. The minimum atomic E-state index is -0.391. The van der Waals surface area contributed by atoms with E-state index >= 15 is 0 Å². The Morgan fingerprint density at radius 1 is 1.25 bits per heavy atom. The van der Waals surface area contributed by atoms with Gasteiger partial charge in [-0.15, -0.1) is 0 Å². The Balaban J connectivity index is 2.05. The van der Waals surface area contributed by atoms with E-state index in [0.29, 0.717) is 12.0 Å². The van der Waals surface area contributed by atoms with Crippen molar-refractivity contribution in [3.05, 3.63) is 40.1 Å². The highest BCUT2D eigenvalue weighted by Gasteiger charge is 2.38. The molecule has 0 aliphatic carbocycles. The third-order valence-electron chi connectivity index (χ3n) is 5.55. The van der Waals surface area contributed by atoms with Gasteiger partial charge in [-0.1, -0.05) is 13.0 Å². The van der Waals surface area contributed by atoms with Gasteiger partial charge in [0.15, 0.2) is 0 Å². The first-order valence-corrected chi connectivity index (χ1v) is 10.5. The van der Waals surface area contributed by atoms with Gasteiger partial charge in [0, 0.05) is 29.4 Å². The predicted molar refractivity (Wildman–Crippen MR) is 115 cm³/mol. The highest BCUT2D eigenvalue weighted by Crippen LogP contribution is 2.41. The molecule has 1 unspecified atom stereocenters. The number of fused-ring (bicyclic) bond motifs is 1. The van der Waals surface area contributed by atoms with Crippen LogP contribution in [-0.2, 0) is 4.79 Å². The molecule has 2 heterocycles. The number of carbonyl (C=O) groups is 2. The lowest BCUT2D eigenvalue weighted by atomic mass is 9.88. The molecule has 150 valence electrons. The maximum absolute atomic E-state index is 15.0. The van der Waals surface area contributed by atoms with Crippen LogP contribution in [-0.4, -0.2) is 34.2 Å². The van der Waals surface area contributed by atoms with Gasteiger partial charge in [-0.25, -0.2) is 4.39 Å². The van der Waals surface area contributed by atoms with Gasteiger partial charge in [0.25, 0.3) is 11.1 Å². The van der Waals surface area contributed by atoms with Crippen LogP contribution >= 0.6 is 11.8 Å². The fourth-order valence-corrected chi connectivity index (χ4v) is 4.91. The molecular formula is C22H27FN2O2S. The van der Waals surface area contributed by atoms with E-state index in [2.05, 4.69) is 31.7 Å². The molecule has 1 aromatic carbocycles. The molecule has 0 N–H and O–H groups in total. The van der Waals surface area contributed by atoms with Crippen molar-refractivity contribution < 1.29 is 14.0 Å². The Morgan fingerprint density at radius 2 is 1.93 bits per heavy atom. The number of hydrogen-bond donors (Lipinski definition) is 0. The van der Waals surface area contributed by atoms with Gasteiger partial charge in [0.1, 0.15) is 5.82 Å². The van der Waals surface area contributed by atoms with Crippen molar-refractivity contribution in [3.63, 3.8) is 0 Å². The van der Waals surface area contributed by atoms with Crippen molar-refractivity contribution in [2.75, 3.05) is 11.4 Å². The summed E-state index contributed by atoms with van der Waals surface area (Å²) in [5, 5.41) is -0.293. The van der Waals surface area contributed by atoms with Gasteiger partial charge in [-0.05, 0) is 76.6 Å². The fourth-order valence-electron chi connectivity index (χ4n) is 3.99. The molecule has 6 heteroatoms. The van der Waals surface area contributed by atoms with Crippen LogP contribution in [0.15, 0.2) is 23.1 Å². The van der Waals surface area contributed by atoms with Crippen molar-refractivity contribution in [2.45, 2.75) is 59.5 Å². The Hall–Kier alpha value is -2.08. The average Bonchev–Trinajstić information content (AvgIpc) is 2.89. The van der Waals surface area contributed by atoms with Crippen LogP contribution in [0, 0.1) is 5.82 Å². The standard InChI is InChI=1S/C22H27FN2O2S/c1-7-14(4)25-20(26)19(28-21(25)27)10-15-9-16-13(3)12-22(5,6)24(8-2)18(16)11-17(15)23/h9-12,14H,7-8H2,1-6H3/b19-10-. The molecule has 0 saturated carbocycles. The van der Waals surface area contributed by atoms with Crippen LogP contribution in [0.25, 0.3) is 11.6 Å². The zero-order valence-corrected chi connectivity index (χ0v) is 18.1. The van der Waals surface area contributed by atoms with E-state index in [1.807, 2.05) is 20.8 Å². The highest BCUT2D eigenvalue weighted by atomic mass is 32.2. The third-order valence-corrected chi connectivity index (χ3v) is 6.44. The van der Waals surface area contributed by atoms with Crippen molar-refractivity contribution in [1.82, 2.24) is 4.90 Å². The molecule has 2 amide bonds. The van der Waals surface area contributed by atoms with Gasteiger partial charge < -0.3 is 4.90 Å². The lowest BCUT2D eigenvalue weighted by molar-refractivity contribution is -0.124. The van der Waals surface area contributed by atoms with E-state index < -0.39 is 5.82 Å². The summed E-state index contributed by atoms with van der Waals surface area (Å²) in [5.41, 5.74) is 3.02. The Kier molecular flexibility index (Phi) is 5.45. The molecule has 1 aromatic rings. The Morgan fingerprint density at radius 3 is 2.54 bits per heavy atom. The highest BCUT2D eigenvalue weighted by molar-refractivity contribution is 8.18. The summed E-state index contributed by atoms with van der Waals surface area (Å²) in [7, 11) is 0. The van der Waals surface area contributed by atoms with Crippen LogP contribution in [0.3, 0.4) is 0 Å². The monoisotopic (exact) mass is 402 g/mol. The molecule has 4 nitrogen and oxygen atoms in total. The van der Waals surface area contributed by atoms with Crippen LogP contribution < -0.4 is 4.90 Å². The Labute approximate surface area is 170 Å². The van der Waals surface area contributed by atoms with Crippen LogP contribution in [0.2, 0.25) is 0 Å². The number of likely N-dealkylation sites (N-methyl/N-ethyl adjacent to an activating group) is 1. The maximum atomic E-state index is 15.0. The summed E-state index contributed by atoms with van der Waals surface area (Å²) in [4.78, 5) is 28.6. The van der Waals surface area contributed by atoms with Gasteiger partial charge in [-0.2, -0.15) is 0 Å². The van der Waals surface area contributed by atoms with Crippen molar-refractivity contribution in [2.24, 2.45) is 0 Å². The first-order chi connectivity index (χ1) is 13.1. The Bertz CT molecular complexity index is 904. The summed E-state index contributed by atoms with van der Waals surface area (Å²) in [6, 6.07) is 3.16. The number of halogens is 1. The van der Waals surface area contributed by atoms with Crippen LogP contribution in [0.1, 0.15) is 59.1 Å². The molecule has 2 aliphatic heterocycles. The number of amides is 2. The largest absolute Gasteiger partial charge is 0.363 e. The number of nitrogens with zero attached hydrogens (tertiary/aromatic N) is 2. The molecule has 1 saturated heterocycles. The lowest BCUT2D eigenvalue weighted by Crippen LogP contribution is -2.45. The second-order valence-electron chi connectivity index (χ2n) is 7.93. The molecule has 0 aromatic heterocycles. The lowest BCUT2D eigenvalue weighted by Gasteiger charge is -2.42. The van der Waals surface area contributed by atoms with Gasteiger partial charge in [0.05, 0.1) is 10.4 Å². The SMILES string of the molecule is CCC(C)N1C(=O)S/C(=C\c2cc3c(cc2F)N(CC)C(C)(C)C=C3C)C1=O. The fraction of sp³-hybridized carbons (Fsp3) is 0.455. The number of benzene rings is 1. The van der Waals surface area contributed by atoms with Gasteiger partial charge in [-0.3, -0.25) is 14.5 Å². The number of thioether (sulfide) groups is 1. The second-order valence-corrected chi connectivity index (χ2v) is 8.92. The van der Waals surface area contributed by atoms with Crippen LogP contribution in [0.4, 0.5) is 14.9 Å². The first kappa shape index (κ1) is 20.6. The number of rotatable bonds is 4. The van der Waals surface area contributed by atoms with Gasteiger partial charge >= 0.3 is 0 Å². The van der Waals surface area contributed by atoms with E-state index in [1.165, 1.54) is 11.0 Å². The molecule has 28 heavy (non-hydrogen) atoms. The van der Waals surface area contributed by atoms with Crippen molar-refractivity contribution in [1.29, 1.82) is 0 Å². The smallest absolute Gasteiger partial charge is 0.293 e. The predicted octanol–water partition coefficient (Wildman–Crippen LogP) is 5.68. The summed E-state index contributed by atoms with van der Waals surface area (Å²) in [6.07, 6.45) is 4.37. The number of anilines is 1. The minimum absolute atomic E-state index is 0.169. The molecule has 1 fully saturated rings. The number of allylic oxidation sites excluding steroid dienone is 1. The zero-order chi connectivity index (χ0) is 20.8. The molecule has 0 bridgehead atoms. The summed E-state index contributed by atoms with van der Waals surface area (Å²) in [5.74, 6) is -0.733. The van der Waals surface area contributed by atoms with Crippen LogP contribution in [0.5, 0.6) is 0 Å². The maximum Gasteiger partial charge on any atom is 0.293 e. The van der Waals surface area contributed by atoms with E-state index in [9.17, 15) is 14.0 Å². The molecule has 3 rings (SSSR count). The van der Waals surface area contributed by atoms with Crippen molar-refractivity contribution >= 4 is 40.2 Å². The quantitative estimate of drug-likeness (QED) is 0.607. The topological polar surface area (TPSA) is 40.6 Å². The molecule has 0 radical (unpaired) electrons. The minimum Gasteiger partial charge on any atom is -0.363 e.